The van der Waals surface area contributed by atoms with Gasteiger partial charge >= 0.3 is 0 Å². The van der Waals surface area contributed by atoms with Crippen LogP contribution in [0.5, 0.6) is 5.75 Å². The molecule has 0 aliphatic carbocycles. The van der Waals surface area contributed by atoms with E-state index in [1.165, 1.54) is 4.90 Å². The van der Waals surface area contributed by atoms with Gasteiger partial charge in [-0.2, -0.15) is 0 Å². The summed E-state index contributed by atoms with van der Waals surface area (Å²) >= 11 is 0. The van der Waals surface area contributed by atoms with Crippen molar-refractivity contribution < 1.29 is 14.3 Å². The molecule has 10 nitrogen and oxygen atoms in total. The third kappa shape index (κ3) is 4.81. The first kappa shape index (κ1) is 22.9. The standard InChI is InChI=1S/C26H23N7O3/c1-32-13-12-27-23(32)11-9-18-8-10-21-20(14-18)33(2)26(35)19(16-36-21)28-25(34)24-29-22(30-31-24)15-17-6-4-3-5-7-17/h3-8,10,12-14,19H,15-16H2,1-2H3,(H,28,34)(H,29,30,31)/t19-/m0/s1. The van der Waals surface area contributed by atoms with Crippen LogP contribution >= 0.6 is 0 Å². The van der Waals surface area contributed by atoms with Crippen LogP contribution in [0.1, 0.15) is 33.4 Å². The van der Waals surface area contributed by atoms with Crippen molar-refractivity contribution >= 4 is 17.5 Å². The topological polar surface area (TPSA) is 118 Å². The Balaban J connectivity index is 1.28. The zero-order valence-corrected chi connectivity index (χ0v) is 19.7. The van der Waals surface area contributed by atoms with Crippen molar-refractivity contribution in [3.05, 3.63) is 89.5 Å². The van der Waals surface area contributed by atoms with Gasteiger partial charge in [-0.25, -0.2) is 9.97 Å². The summed E-state index contributed by atoms with van der Waals surface area (Å²) < 4.78 is 7.68. The van der Waals surface area contributed by atoms with E-state index in [0.717, 1.165) is 5.56 Å². The Morgan fingerprint density at radius 3 is 2.81 bits per heavy atom. The maximum atomic E-state index is 13.2. The summed E-state index contributed by atoms with van der Waals surface area (Å²) in [7, 11) is 3.50. The summed E-state index contributed by atoms with van der Waals surface area (Å²) in [6.45, 7) is -0.0263. The number of anilines is 1. The van der Waals surface area contributed by atoms with Gasteiger partial charge in [0.2, 0.25) is 5.82 Å². The van der Waals surface area contributed by atoms with Gasteiger partial charge in [0, 0.05) is 38.5 Å². The smallest absolute Gasteiger partial charge is 0.291 e. The minimum Gasteiger partial charge on any atom is -0.489 e. The first-order valence-corrected chi connectivity index (χ1v) is 11.3. The van der Waals surface area contributed by atoms with Gasteiger partial charge in [-0.1, -0.05) is 36.3 Å². The number of aromatic nitrogens is 5. The quantitative estimate of drug-likeness (QED) is 0.428. The van der Waals surface area contributed by atoms with Gasteiger partial charge in [-0.15, -0.1) is 5.10 Å². The number of amides is 2. The maximum Gasteiger partial charge on any atom is 0.291 e. The fraction of sp³-hybridized carbons (Fsp3) is 0.192. The number of hydrogen-bond acceptors (Lipinski definition) is 6. The van der Waals surface area contributed by atoms with E-state index in [9.17, 15) is 9.59 Å². The molecule has 0 saturated carbocycles. The summed E-state index contributed by atoms with van der Waals surface area (Å²) in [4.78, 5) is 35.9. The number of hydrogen-bond donors (Lipinski definition) is 2. The van der Waals surface area contributed by atoms with E-state index in [0.29, 0.717) is 35.1 Å². The molecule has 0 fully saturated rings. The number of likely N-dealkylation sites (N-methyl/N-ethyl adjacent to an activating group) is 1. The zero-order chi connectivity index (χ0) is 25.1. The molecule has 0 radical (unpaired) electrons. The Bertz CT molecular complexity index is 1480. The minimum absolute atomic E-state index is 0.0263. The molecule has 2 N–H and O–H groups in total. The summed E-state index contributed by atoms with van der Waals surface area (Å²) in [6, 6.07) is 14.2. The first-order valence-electron chi connectivity index (χ1n) is 11.3. The van der Waals surface area contributed by atoms with Crippen LogP contribution in [0, 0.1) is 11.8 Å². The Morgan fingerprint density at radius 1 is 1.19 bits per heavy atom. The summed E-state index contributed by atoms with van der Waals surface area (Å²) in [5.74, 6) is 6.86. The van der Waals surface area contributed by atoms with Crippen LogP contribution in [-0.4, -0.2) is 56.2 Å². The normalized spacial score (nSPS) is 14.8. The van der Waals surface area contributed by atoms with E-state index in [2.05, 4.69) is 37.3 Å². The van der Waals surface area contributed by atoms with Crippen LogP contribution in [0.2, 0.25) is 0 Å². The first-order chi connectivity index (χ1) is 17.5. The van der Waals surface area contributed by atoms with E-state index in [1.807, 2.05) is 54.2 Å². The lowest BCUT2D eigenvalue weighted by Gasteiger charge is -2.20. The Hall–Kier alpha value is -4.91. The van der Waals surface area contributed by atoms with Gasteiger partial charge in [0.1, 0.15) is 24.2 Å². The number of nitrogens with one attached hydrogen (secondary N) is 2. The van der Waals surface area contributed by atoms with E-state index < -0.39 is 11.9 Å². The fourth-order valence-electron chi connectivity index (χ4n) is 3.78. The Kier molecular flexibility index (Phi) is 6.19. The summed E-state index contributed by atoms with van der Waals surface area (Å²) in [5.41, 5.74) is 2.30. The highest BCUT2D eigenvalue weighted by Gasteiger charge is 2.31. The Morgan fingerprint density at radius 2 is 2.03 bits per heavy atom. The van der Waals surface area contributed by atoms with Gasteiger partial charge < -0.3 is 19.5 Å². The van der Waals surface area contributed by atoms with Crippen LogP contribution in [0.3, 0.4) is 0 Å². The van der Waals surface area contributed by atoms with Crippen molar-refractivity contribution in [1.82, 2.24) is 30.0 Å². The minimum atomic E-state index is -0.909. The SMILES string of the molecule is CN1C(=O)[C@@H](NC(=O)c2n[nH]c(Cc3ccccc3)n2)COc2ccc(C#Cc3nccn3C)cc21. The van der Waals surface area contributed by atoms with Crippen molar-refractivity contribution in [2.24, 2.45) is 7.05 Å². The third-order valence-electron chi connectivity index (χ3n) is 5.75. The van der Waals surface area contributed by atoms with E-state index in [1.54, 1.807) is 25.4 Å². The van der Waals surface area contributed by atoms with Crippen LogP contribution in [0.4, 0.5) is 5.69 Å². The monoisotopic (exact) mass is 481 g/mol. The second-order valence-corrected chi connectivity index (χ2v) is 8.30. The lowest BCUT2D eigenvalue weighted by Crippen LogP contribution is -2.49. The highest BCUT2D eigenvalue weighted by Crippen LogP contribution is 2.31. The number of nitrogens with zero attached hydrogens (tertiary/aromatic N) is 5. The molecule has 4 aromatic rings. The number of carbonyl (C=O) groups is 2. The van der Waals surface area contributed by atoms with Crippen molar-refractivity contribution in [2.75, 3.05) is 18.6 Å². The largest absolute Gasteiger partial charge is 0.489 e. The summed E-state index contributed by atoms with van der Waals surface area (Å²) in [5, 5.41) is 9.48. The molecule has 2 amide bonds. The summed E-state index contributed by atoms with van der Waals surface area (Å²) in [6.07, 6.45) is 4.01. The number of rotatable bonds is 4. The van der Waals surface area contributed by atoms with E-state index >= 15 is 0 Å². The van der Waals surface area contributed by atoms with Crippen molar-refractivity contribution in [3.63, 3.8) is 0 Å². The van der Waals surface area contributed by atoms with Gasteiger partial charge in [-0.05, 0) is 29.7 Å². The molecule has 36 heavy (non-hydrogen) atoms. The molecule has 0 unspecified atom stereocenters. The molecule has 1 aliphatic rings. The average Bonchev–Trinajstić information content (AvgIpc) is 3.51. The lowest BCUT2D eigenvalue weighted by molar-refractivity contribution is -0.120. The highest BCUT2D eigenvalue weighted by molar-refractivity contribution is 6.02. The van der Waals surface area contributed by atoms with Crippen LogP contribution in [0.15, 0.2) is 60.9 Å². The van der Waals surface area contributed by atoms with Gasteiger partial charge in [-0.3, -0.25) is 14.7 Å². The maximum absolute atomic E-state index is 13.2. The van der Waals surface area contributed by atoms with Gasteiger partial charge in [0.25, 0.3) is 11.8 Å². The predicted octanol–water partition coefficient (Wildman–Crippen LogP) is 1.68. The van der Waals surface area contributed by atoms with Crippen molar-refractivity contribution in [1.29, 1.82) is 0 Å². The fourth-order valence-corrected chi connectivity index (χ4v) is 3.78. The molecule has 180 valence electrons. The van der Waals surface area contributed by atoms with Crippen molar-refractivity contribution in [3.8, 4) is 17.6 Å². The zero-order valence-electron chi connectivity index (χ0n) is 19.7. The molecule has 5 rings (SSSR count). The molecule has 3 heterocycles. The second kappa shape index (κ2) is 9.76. The molecular formula is C26H23N7O3. The molecular weight excluding hydrogens is 458 g/mol. The van der Waals surface area contributed by atoms with E-state index in [4.69, 9.17) is 4.74 Å². The predicted molar refractivity (Wildman–Crippen MR) is 131 cm³/mol. The number of imidazole rings is 1. The number of fused-ring (bicyclic) bond motifs is 1. The number of H-pyrrole nitrogens is 1. The second-order valence-electron chi connectivity index (χ2n) is 8.30. The molecule has 1 aliphatic heterocycles. The molecule has 0 bridgehead atoms. The number of ether oxygens (including phenoxy) is 1. The number of aryl methyl sites for hydroxylation is 1. The number of aromatic amines is 1. The number of carbonyl (C=O) groups excluding carboxylic acids is 2. The molecule has 0 spiro atoms. The third-order valence-corrected chi connectivity index (χ3v) is 5.75. The van der Waals surface area contributed by atoms with Crippen molar-refractivity contribution in [2.45, 2.75) is 12.5 Å². The highest BCUT2D eigenvalue weighted by atomic mass is 16.5. The molecule has 1 atom stereocenters. The average molecular weight is 482 g/mol. The molecule has 0 saturated heterocycles. The van der Waals surface area contributed by atoms with E-state index in [-0.39, 0.29) is 18.3 Å². The molecule has 2 aromatic carbocycles. The Labute approximate surface area is 207 Å². The lowest BCUT2D eigenvalue weighted by atomic mass is 10.1. The molecule has 10 heteroatoms. The van der Waals surface area contributed by atoms with Gasteiger partial charge in [0.15, 0.2) is 5.82 Å². The number of benzene rings is 2. The van der Waals surface area contributed by atoms with Crippen LogP contribution < -0.4 is 15.0 Å². The van der Waals surface area contributed by atoms with Gasteiger partial charge in [0.05, 0.1) is 5.69 Å². The molecule has 2 aromatic heterocycles. The van der Waals surface area contributed by atoms with Crippen LogP contribution in [0.25, 0.3) is 0 Å². The van der Waals surface area contributed by atoms with Crippen LogP contribution in [-0.2, 0) is 18.3 Å².